The van der Waals surface area contributed by atoms with Crippen LogP contribution in [0.4, 0.5) is 8.78 Å². The summed E-state index contributed by atoms with van der Waals surface area (Å²) in [5.41, 5.74) is -1.35. The first-order valence-electron chi connectivity index (χ1n) is 4.17. The van der Waals surface area contributed by atoms with Crippen molar-refractivity contribution in [1.29, 1.82) is 5.26 Å². The summed E-state index contributed by atoms with van der Waals surface area (Å²) >= 11 is 5.45. The van der Waals surface area contributed by atoms with Crippen LogP contribution in [0, 0.1) is 11.3 Å². The Morgan fingerprint density at radius 2 is 2.00 bits per heavy atom. The number of alkyl halides is 3. The van der Waals surface area contributed by atoms with Crippen LogP contribution in [0.5, 0.6) is 0 Å². The lowest BCUT2D eigenvalue weighted by Gasteiger charge is -2.11. The van der Waals surface area contributed by atoms with Gasteiger partial charge in [0.2, 0.25) is 0 Å². The first kappa shape index (κ1) is 14.2. The van der Waals surface area contributed by atoms with E-state index in [1.165, 1.54) is 0 Å². The van der Waals surface area contributed by atoms with Crippen molar-refractivity contribution in [2.45, 2.75) is 17.2 Å². The molecule has 0 bridgehead atoms. The van der Waals surface area contributed by atoms with Crippen LogP contribution in [0.15, 0.2) is 17.0 Å². The van der Waals surface area contributed by atoms with E-state index in [1.807, 2.05) is 0 Å². The molecule has 1 rings (SSSR count). The molecule has 0 spiro atoms. The molecule has 0 fully saturated rings. The molecule has 17 heavy (non-hydrogen) atoms. The Bertz CT molecular complexity index is 581. The van der Waals surface area contributed by atoms with Crippen LogP contribution in [0.25, 0.3) is 0 Å². The Kier molecular flexibility index (Phi) is 4.31. The van der Waals surface area contributed by atoms with E-state index in [0.717, 1.165) is 12.1 Å². The Labute approximate surface area is 106 Å². The summed E-state index contributed by atoms with van der Waals surface area (Å²) in [6, 6.07) is 3.52. The largest absolute Gasteiger partial charge is 0.265 e. The lowest BCUT2D eigenvalue weighted by Crippen LogP contribution is -2.04. The minimum absolute atomic E-state index is 0.320. The van der Waals surface area contributed by atoms with Crippen molar-refractivity contribution >= 4 is 31.3 Å². The fourth-order valence-corrected chi connectivity index (χ4v) is 2.87. The van der Waals surface area contributed by atoms with Gasteiger partial charge in [-0.1, -0.05) is 0 Å². The SMILES string of the molecule is N#Cc1ccc(S(=O)(=O)Cl)c(CCl)c1C(F)F. The molecule has 0 amide bonds. The predicted octanol–water partition coefficient (Wildman–Crippen LogP) is 3.16. The van der Waals surface area contributed by atoms with Crippen molar-refractivity contribution in [2.75, 3.05) is 0 Å². The molecule has 0 radical (unpaired) electrons. The van der Waals surface area contributed by atoms with Gasteiger partial charge in [-0.15, -0.1) is 11.6 Å². The third-order valence-electron chi connectivity index (χ3n) is 2.05. The van der Waals surface area contributed by atoms with Gasteiger partial charge in [-0.2, -0.15) is 5.26 Å². The molecule has 1 aromatic carbocycles. The fourth-order valence-electron chi connectivity index (χ4n) is 1.36. The topological polar surface area (TPSA) is 57.9 Å². The summed E-state index contributed by atoms with van der Waals surface area (Å²) in [5.74, 6) is -0.476. The van der Waals surface area contributed by atoms with Gasteiger partial charge < -0.3 is 0 Å². The van der Waals surface area contributed by atoms with Gasteiger partial charge in [-0.05, 0) is 17.7 Å². The summed E-state index contributed by atoms with van der Waals surface area (Å²) in [5, 5.41) is 8.67. The summed E-state index contributed by atoms with van der Waals surface area (Å²) in [6.07, 6.45) is -3.00. The molecule has 0 aliphatic carbocycles. The molecule has 8 heteroatoms. The van der Waals surface area contributed by atoms with Crippen molar-refractivity contribution in [2.24, 2.45) is 0 Å². The minimum Gasteiger partial charge on any atom is -0.207 e. The molecule has 0 aromatic heterocycles. The fraction of sp³-hybridized carbons (Fsp3) is 0.222. The lowest BCUT2D eigenvalue weighted by molar-refractivity contribution is 0.150. The molecule has 0 unspecified atom stereocenters. The molecule has 0 atom stereocenters. The number of rotatable bonds is 3. The monoisotopic (exact) mass is 299 g/mol. The second-order valence-electron chi connectivity index (χ2n) is 2.99. The maximum absolute atomic E-state index is 12.8. The predicted molar refractivity (Wildman–Crippen MR) is 58.7 cm³/mol. The molecule has 0 N–H and O–H groups in total. The minimum atomic E-state index is -4.18. The molecule has 1 aromatic rings. The Morgan fingerprint density at radius 3 is 2.35 bits per heavy atom. The van der Waals surface area contributed by atoms with Crippen LogP contribution in [-0.2, 0) is 14.9 Å². The average molecular weight is 300 g/mol. The van der Waals surface area contributed by atoms with Gasteiger partial charge in [-0.25, -0.2) is 17.2 Å². The highest BCUT2D eigenvalue weighted by atomic mass is 35.7. The molecule has 0 aliphatic rings. The second-order valence-corrected chi connectivity index (χ2v) is 5.79. The van der Waals surface area contributed by atoms with Crippen molar-refractivity contribution in [3.63, 3.8) is 0 Å². The molecular weight excluding hydrogens is 295 g/mol. The summed E-state index contributed by atoms with van der Waals surface area (Å²) in [6.45, 7) is 0. The zero-order chi connectivity index (χ0) is 13.2. The van der Waals surface area contributed by atoms with E-state index in [0.29, 0.717) is 0 Å². The maximum Gasteiger partial charge on any atom is 0.265 e. The van der Waals surface area contributed by atoms with Crippen LogP contribution in [0.3, 0.4) is 0 Å². The van der Waals surface area contributed by atoms with Crippen molar-refractivity contribution in [1.82, 2.24) is 0 Å². The van der Waals surface area contributed by atoms with Gasteiger partial charge in [0.15, 0.2) is 0 Å². The van der Waals surface area contributed by atoms with E-state index >= 15 is 0 Å². The summed E-state index contributed by atoms with van der Waals surface area (Å²) in [4.78, 5) is -0.497. The van der Waals surface area contributed by atoms with Crippen molar-refractivity contribution in [3.8, 4) is 6.07 Å². The van der Waals surface area contributed by atoms with Gasteiger partial charge in [-0.3, -0.25) is 0 Å². The zero-order valence-corrected chi connectivity index (χ0v) is 10.5. The van der Waals surface area contributed by atoms with Crippen LogP contribution < -0.4 is 0 Å². The lowest BCUT2D eigenvalue weighted by atomic mass is 10.0. The first-order chi connectivity index (χ1) is 7.82. The number of nitriles is 1. The summed E-state index contributed by atoms with van der Waals surface area (Å²) in [7, 11) is 0.919. The van der Waals surface area contributed by atoms with Crippen molar-refractivity contribution < 1.29 is 17.2 Å². The van der Waals surface area contributed by atoms with Gasteiger partial charge in [0.25, 0.3) is 15.5 Å². The number of nitrogens with zero attached hydrogens (tertiary/aromatic N) is 1. The second kappa shape index (κ2) is 5.17. The average Bonchev–Trinajstić information content (AvgIpc) is 2.25. The quantitative estimate of drug-likeness (QED) is 0.636. The smallest absolute Gasteiger partial charge is 0.207 e. The van der Waals surface area contributed by atoms with E-state index in [4.69, 9.17) is 27.5 Å². The molecule has 92 valence electrons. The van der Waals surface area contributed by atoms with E-state index in [1.54, 1.807) is 6.07 Å². The molecule has 0 aliphatic heterocycles. The highest BCUT2D eigenvalue weighted by Gasteiger charge is 2.25. The van der Waals surface area contributed by atoms with Crippen molar-refractivity contribution in [3.05, 3.63) is 28.8 Å². The molecule has 3 nitrogen and oxygen atoms in total. The van der Waals surface area contributed by atoms with E-state index < -0.39 is 31.8 Å². The van der Waals surface area contributed by atoms with Crippen LogP contribution in [0.2, 0.25) is 0 Å². The molecule has 0 heterocycles. The number of halogens is 4. The molecule has 0 saturated carbocycles. The number of hydrogen-bond donors (Lipinski definition) is 0. The van der Waals surface area contributed by atoms with Crippen LogP contribution in [-0.4, -0.2) is 8.42 Å². The Balaban J connectivity index is 3.72. The maximum atomic E-state index is 12.8. The van der Waals surface area contributed by atoms with E-state index in [2.05, 4.69) is 0 Å². The van der Waals surface area contributed by atoms with Gasteiger partial charge >= 0.3 is 0 Å². The highest BCUT2D eigenvalue weighted by Crippen LogP contribution is 2.33. The number of benzene rings is 1. The van der Waals surface area contributed by atoms with Gasteiger partial charge in [0.05, 0.1) is 16.5 Å². The number of hydrogen-bond acceptors (Lipinski definition) is 3. The Hall–Kier alpha value is -0.900. The third kappa shape index (κ3) is 2.86. The Morgan fingerprint density at radius 1 is 1.41 bits per heavy atom. The standard InChI is InChI=1S/C9H5Cl2F2NO2S/c10-3-6-7(17(11,15)16)2-1-5(4-14)8(6)9(12)13/h1-2,9H,3H2. The molecular formula is C9H5Cl2F2NO2S. The first-order valence-corrected chi connectivity index (χ1v) is 7.02. The van der Waals surface area contributed by atoms with Gasteiger partial charge in [0.1, 0.15) is 0 Å². The normalized spacial score (nSPS) is 11.5. The third-order valence-corrected chi connectivity index (χ3v) is 3.72. The van der Waals surface area contributed by atoms with Gasteiger partial charge in [0, 0.05) is 22.1 Å². The van der Waals surface area contributed by atoms with Crippen LogP contribution >= 0.6 is 22.3 Å². The van der Waals surface area contributed by atoms with E-state index in [9.17, 15) is 17.2 Å². The highest BCUT2D eigenvalue weighted by molar-refractivity contribution is 8.13. The molecule has 0 saturated heterocycles. The van der Waals surface area contributed by atoms with Crippen LogP contribution in [0.1, 0.15) is 23.1 Å². The summed E-state index contributed by atoms with van der Waals surface area (Å²) < 4.78 is 47.9. The zero-order valence-electron chi connectivity index (χ0n) is 8.12. The van der Waals surface area contributed by atoms with E-state index in [-0.39, 0.29) is 11.1 Å².